The summed E-state index contributed by atoms with van der Waals surface area (Å²) in [6.07, 6.45) is 0.966. The van der Waals surface area contributed by atoms with E-state index in [0.29, 0.717) is 13.1 Å². The van der Waals surface area contributed by atoms with Gasteiger partial charge in [0.15, 0.2) is 0 Å². The third-order valence-corrected chi connectivity index (χ3v) is 5.15. The molecule has 4 nitrogen and oxygen atoms in total. The first-order valence-corrected chi connectivity index (χ1v) is 10.3. The molecule has 0 spiro atoms. The Bertz CT molecular complexity index is 912. The summed E-state index contributed by atoms with van der Waals surface area (Å²) >= 11 is 0. The van der Waals surface area contributed by atoms with Crippen LogP contribution in [0.25, 0.3) is 0 Å². The first-order valence-electron chi connectivity index (χ1n) is 10.3. The van der Waals surface area contributed by atoms with E-state index >= 15 is 0 Å². The molecular formula is C26H28N2O2. The highest BCUT2D eigenvalue weighted by Gasteiger charge is 2.24. The van der Waals surface area contributed by atoms with Crippen LogP contribution in [0.1, 0.15) is 42.1 Å². The molecule has 3 aromatic rings. The molecule has 0 saturated carbocycles. The Labute approximate surface area is 178 Å². The highest BCUT2D eigenvalue weighted by Crippen LogP contribution is 2.15. The third kappa shape index (κ3) is 5.80. The molecule has 0 aromatic heterocycles. The maximum Gasteiger partial charge on any atom is 0.312 e. The van der Waals surface area contributed by atoms with Gasteiger partial charge in [-0.2, -0.15) is 0 Å². The predicted molar refractivity (Wildman–Crippen MR) is 120 cm³/mol. The first-order chi connectivity index (χ1) is 14.6. The van der Waals surface area contributed by atoms with Gasteiger partial charge in [-0.05, 0) is 35.6 Å². The molecule has 1 unspecified atom stereocenters. The van der Waals surface area contributed by atoms with Crippen LogP contribution in [0.4, 0.5) is 0 Å². The minimum Gasteiger partial charge on any atom is -0.341 e. The average molecular weight is 401 g/mol. The Morgan fingerprint density at radius 2 is 1.27 bits per heavy atom. The molecule has 0 aliphatic heterocycles. The molecule has 0 aliphatic carbocycles. The molecule has 4 heteroatoms. The van der Waals surface area contributed by atoms with Crippen LogP contribution < -0.4 is 5.32 Å². The van der Waals surface area contributed by atoms with Crippen molar-refractivity contribution in [2.24, 2.45) is 0 Å². The zero-order chi connectivity index (χ0) is 21.3. The number of amides is 2. The Morgan fingerprint density at radius 1 is 0.767 bits per heavy atom. The molecule has 1 N–H and O–H groups in total. The molecule has 0 saturated heterocycles. The average Bonchev–Trinajstić information content (AvgIpc) is 2.79. The van der Waals surface area contributed by atoms with Gasteiger partial charge in [0.25, 0.3) is 0 Å². The molecule has 2 amide bonds. The number of nitrogens with one attached hydrogen (secondary N) is 1. The van der Waals surface area contributed by atoms with E-state index in [0.717, 1.165) is 23.1 Å². The van der Waals surface area contributed by atoms with Gasteiger partial charge in [-0.3, -0.25) is 9.59 Å². The van der Waals surface area contributed by atoms with Gasteiger partial charge in [-0.1, -0.05) is 91.9 Å². The predicted octanol–water partition coefficient (Wildman–Crippen LogP) is 4.66. The van der Waals surface area contributed by atoms with Gasteiger partial charge in [0.2, 0.25) is 0 Å². The summed E-state index contributed by atoms with van der Waals surface area (Å²) in [5.41, 5.74) is 4.19. The molecule has 3 aromatic carbocycles. The first kappa shape index (κ1) is 21.3. The van der Waals surface area contributed by atoms with Crippen molar-refractivity contribution in [3.63, 3.8) is 0 Å². The van der Waals surface area contributed by atoms with Crippen molar-refractivity contribution in [2.45, 2.75) is 39.4 Å². The fourth-order valence-corrected chi connectivity index (χ4v) is 3.33. The lowest BCUT2D eigenvalue weighted by atomic mass is 10.0. The SMILES string of the molecule is CCc1ccc(C(C)NC(=O)C(=O)N(Cc2ccccc2)Cc2ccccc2)cc1. The number of nitrogens with zero attached hydrogens (tertiary/aromatic N) is 1. The highest BCUT2D eigenvalue weighted by molar-refractivity contribution is 6.35. The zero-order valence-corrected chi connectivity index (χ0v) is 17.5. The lowest BCUT2D eigenvalue weighted by Crippen LogP contribution is -2.43. The summed E-state index contributed by atoms with van der Waals surface area (Å²) in [6.45, 7) is 4.75. The summed E-state index contributed by atoms with van der Waals surface area (Å²) in [4.78, 5) is 27.4. The van der Waals surface area contributed by atoms with E-state index in [1.807, 2.05) is 79.7 Å². The topological polar surface area (TPSA) is 49.4 Å². The van der Waals surface area contributed by atoms with Gasteiger partial charge in [0, 0.05) is 13.1 Å². The maximum atomic E-state index is 13.0. The smallest absolute Gasteiger partial charge is 0.312 e. The van der Waals surface area contributed by atoms with E-state index in [1.165, 1.54) is 5.56 Å². The fourth-order valence-electron chi connectivity index (χ4n) is 3.33. The van der Waals surface area contributed by atoms with E-state index in [2.05, 4.69) is 24.4 Å². The largest absolute Gasteiger partial charge is 0.341 e. The highest BCUT2D eigenvalue weighted by atomic mass is 16.2. The monoisotopic (exact) mass is 400 g/mol. The van der Waals surface area contributed by atoms with E-state index in [9.17, 15) is 9.59 Å². The van der Waals surface area contributed by atoms with Gasteiger partial charge in [-0.15, -0.1) is 0 Å². The lowest BCUT2D eigenvalue weighted by molar-refractivity contribution is -0.147. The van der Waals surface area contributed by atoms with Crippen LogP contribution in [0.5, 0.6) is 0 Å². The number of hydrogen-bond acceptors (Lipinski definition) is 2. The second-order valence-electron chi connectivity index (χ2n) is 7.42. The van der Waals surface area contributed by atoms with Crippen LogP contribution in [-0.4, -0.2) is 16.7 Å². The van der Waals surface area contributed by atoms with Crippen molar-refractivity contribution < 1.29 is 9.59 Å². The summed E-state index contributed by atoms with van der Waals surface area (Å²) < 4.78 is 0. The Kier molecular flexibility index (Phi) is 7.39. The molecule has 0 heterocycles. The molecule has 154 valence electrons. The molecule has 0 bridgehead atoms. The van der Waals surface area contributed by atoms with Crippen LogP contribution in [0.15, 0.2) is 84.9 Å². The maximum absolute atomic E-state index is 13.0. The summed E-state index contributed by atoms with van der Waals surface area (Å²) in [6, 6.07) is 27.3. The Balaban J connectivity index is 1.72. The molecule has 30 heavy (non-hydrogen) atoms. The standard InChI is InChI=1S/C26H28N2O2/c1-3-21-14-16-24(17-15-21)20(2)27-25(29)26(30)28(18-22-10-6-4-7-11-22)19-23-12-8-5-9-13-23/h4-17,20H,3,18-19H2,1-2H3,(H,27,29). The Morgan fingerprint density at radius 3 is 1.73 bits per heavy atom. The van der Waals surface area contributed by atoms with E-state index in [-0.39, 0.29) is 6.04 Å². The van der Waals surface area contributed by atoms with Crippen molar-refractivity contribution in [3.8, 4) is 0 Å². The molecular weight excluding hydrogens is 372 g/mol. The number of aryl methyl sites for hydroxylation is 1. The van der Waals surface area contributed by atoms with Crippen molar-refractivity contribution in [1.82, 2.24) is 10.2 Å². The lowest BCUT2D eigenvalue weighted by Gasteiger charge is -2.24. The van der Waals surface area contributed by atoms with Gasteiger partial charge < -0.3 is 10.2 Å². The van der Waals surface area contributed by atoms with Crippen LogP contribution in [0.2, 0.25) is 0 Å². The van der Waals surface area contributed by atoms with Crippen molar-refractivity contribution in [1.29, 1.82) is 0 Å². The zero-order valence-electron chi connectivity index (χ0n) is 17.5. The van der Waals surface area contributed by atoms with Crippen molar-refractivity contribution in [2.75, 3.05) is 0 Å². The minimum atomic E-state index is -0.589. The number of carbonyl (C=O) groups is 2. The van der Waals surface area contributed by atoms with E-state index < -0.39 is 11.8 Å². The van der Waals surface area contributed by atoms with Gasteiger partial charge in [0.1, 0.15) is 0 Å². The van der Waals surface area contributed by atoms with Gasteiger partial charge >= 0.3 is 11.8 Å². The molecule has 1 atom stereocenters. The fraction of sp³-hybridized carbons (Fsp3) is 0.231. The molecule has 0 aliphatic rings. The van der Waals surface area contributed by atoms with Crippen LogP contribution >= 0.6 is 0 Å². The van der Waals surface area contributed by atoms with Crippen molar-refractivity contribution >= 4 is 11.8 Å². The third-order valence-electron chi connectivity index (χ3n) is 5.15. The second-order valence-corrected chi connectivity index (χ2v) is 7.42. The number of carbonyl (C=O) groups excluding carboxylic acids is 2. The summed E-state index contributed by atoms with van der Waals surface area (Å²) in [5, 5.41) is 2.86. The molecule has 0 fully saturated rings. The van der Waals surface area contributed by atoms with Gasteiger partial charge in [0.05, 0.1) is 6.04 Å². The van der Waals surface area contributed by atoms with Gasteiger partial charge in [-0.25, -0.2) is 0 Å². The molecule has 3 rings (SSSR count). The normalized spacial score (nSPS) is 11.5. The van der Waals surface area contributed by atoms with Crippen LogP contribution in [0, 0.1) is 0 Å². The number of rotatable bonds is 7. The summed E-state index contributed by atoms with van der Waals surface area (Å²) in [7, 11) is 0. The Hall–Kier alpha value is -3.40. The number of benzene rings is 3. The summed E-state index contributed by atoms with van der Waals surface area (Å²) in [5.74, 6) is -1.12. The molecule has 0 radical (unpaired) electrons. The van der Waals surface area contributed by atoms with E-state index in [1.54, 1.807) is 4.90 Å². The van der Waals surface area contributed by atoms with Crippen LogP contribution in [-0.2, 0) is 29.1 Å². The quantitative estimate of drug-likeness (QED) is 0.587. The minimum absolute atomic E-state index is 0.248. The van der Waals surface area contributed by atoms with Crippen LogP contribution in [0.3, 0.4) is 0 Å². The van der Waals surface area contributed by atoms with E-state index in [4.69, 9.17) is 0 Å². The van der Waals surface area contributed by atoms with Crippen molar-refractivity contribution in [3.05, 3.63) is 107 Å². The number of hydrogen-bond donors (Lipinski definition) is 1. The second kappa shape index (κ2) is 10.4.